The Balaban J connectivity index is 1.66. The second-order valence-electron chi connectivity index (χ2n) is 6.48. The maximum atomic E-state index is 12.9. The van der Waals surface area contributed by atoms with Crippen molar-refractivity contribution < 1.29 is 18.7 Å². The molecular formula is C18H18N2O5. The van der Waals surface area contributed by atoms with E-state index in [2.05, 4.69) is 0 Å². The summed E-state index contributed by atoms with van der Waals surface area (Å²) in [5.41, 5.74) is -0.350. The summed E-state index contributed by atoms with van der Waals surface area (Å²) in [6, 6.07) is 8.09. The number of rotatable bonds is 2. The Morgan fingerprint density at radius 1 is 1.24 bits per heavy atom. The van der Waals surface area contributed by atoms with Crippen LogP contribution in [-0.4, -0.2) is 53.6 Å². The monoisotopic (exact) mass is 342 g/mol. The summed E-state index contributed by atoms with van der Waals surface area (Å²) in [5.74, 6) is -0.316. The summed E-state index contributed by atoms with van der Waals surface area (Å²) >= 11 is 0. The molecule has 25 heavy (non-hydrogen) atoms. The molecule has 0 saturated carbocycles. The van der Waals surface area contributed by atoms with Gasteiger partial charge in [0.2, 0.25) is 0 Å². The molecule has 7 heteroatoms. The Labute approximate surface area is 143 Å². The molecule has 0 spiro atoms. The molecule has 1 aromatic heterocycles. The first-order chi connectivity index (χ1) is 12.0. The van der Waals surface area contributed by atoms with E-state index in [1.807, 2.05) is 6.92 Å². The first-order valence-electron chi connectivity index (χ1n) is 8.31. The first-order valence-corrected chi connectivity index (χ1v) is 8.31. The molecule has 2 aromatic rings. The third-order valence-corrected chi connectivity index (χ3v) is 5.13. The lowest BCUT2D eigenvalue weighted by molar-refractivity contribution is 0.0339. The quantitative estimate of drug-likeness (QED) is 0.832. The lowest BCUT2D eigenvalue weighted by Crippen LogP contribution is -2.62. The van der Waals surface area contributed by atoms with Crippen LogP contribution in [-0.2, 0) is 4.74 Å². The second kappa shape index (κ2) is 5.61. The van der Waals surface area contributed by atoms with Gasteiger partial charge in [-0.15, -0.1) is 0 Å². The lowest BCUT2D eigenvalue weighted by atomic mass is 9.93. The predicted octanol–water partition coefficient (Wildman–Crippen LogP) is 1.85. The fraction of sp³-hybridized carbons (Fsp3) is 0.389. The highest BCUT2D eigenvalue weighted by atomic mass is 16.6. The molecule has 2 saturated heterocycles. The van der Waals surface area contributed by atoms with Gasteiger partial charge in [0.1, 0.15) is 12.2 Å². The second-order valence-corrected chi connectivity index (χ2v) is 6.48. The SMILES string of the molecule is CCC12COC(=O)N1CCN(C(=O)c1cc(=O)c3ccccc3o1)C2. The number of benzene rings is 1. The normalized spacial score (nSPS) is 22.8. The van der Waals surface area contributed by atoms with Gasteiger partial charge in [-0.3, -0.25) is 14.5 Å². The zero-order valence-electron chi connectivity index (χ0n) is 13.9. The van der Waals surface area contributed by atoms with Gasteiger partial charge in [0.15, 0.2) is 11.2 Å². The highest BCUT2D eigenvalue weighted by Crippen LogP contribution is 2.32. The maximum absolute atomic E-state index is 12.9. The number of carbonyl (C=O) groups excluding carboxylic acids is 2. The number of hydrogen-bond acceptors (Lipinski definition) is 5. The summed E-state index contributed by atoms with van der Waals surface area (Å²) in [6.07, 6.45) is 0.357. The van der Waals surface area contributed by atoms with E-state index in [9.17, 15) is 14.4 Å². The Morgan fingerprint density at radius 3 is 2.84 bits per heavy atom. The molecule has 0 N–H and O–H groups in total. The number of cyclic esters (lactones) is 1. The molecule has 0 bridgehead atoms. The van der Waals surface area contributed by atoms with E-state index in [-0.39, 0.29) is 29.8 Å². The highest BCUT2D eigenvalue weighted by Gasteiger charge is 2.50. The average molecular weight is 342 g/mol. The molecule has 1 aromatic carbocycles. The molecule has 1 atom stereocenters. The first kappa shape index (κ1) is 15.7. The van der Waals surface area contributed by atoms with Gasteiger partial charge >= 0.3 is 6.09 Å². The summed E-state index contributed by atoms with van der Waals surface area (Å²) in [7, 11) is 0. The number of carbonyl (C=O) groups is 2. The van der Waals surface area contributed by atoms with Crippen molar-refractivity contribution in [2.24, 2.45) is 0 Å². The van der Waals surface area contributed by atoms with Gasteiger partial charge in [-0.25, -0.2) is 4.79 Å². The average Bonchev–Trinajstić information content (AvgIpc) is 2.98. The minimum absolute atomic E-state index is 0.0219. The van der Waals surface area contributed by atoms with Crippen LogP contribution in [0.5, 0.6) is 0 Å². The number of amides is 2. The summed E-state index contributed by atoms with van der Waals surface area (Å²) < 4.78 is 10.8. The van der Waals surface area contributed by atoms with Crippen molar-refractivity contribution in [3.8, 4) is 0 Å². The van der Waals surface area contributed by atoms with Crippen molar-refractivity contribution in [3.63, 3.8) is 0 Å². The van der Waals surface area contributed by atoms with Gasteiger partial charge < -0.3 is 14.1 Å². The number of nitrogens with zero attached hydrogens (tertiary/aromatic N) is 2. The minimum atomic E-state index is -0.498. The molecular weight excluding hydrogens is 324 g/mol. The van der Waals surface area contributed by atoms with Crippen LogP contribution in [0.15, 0.2) is 39.5 Å². The molecule has 1 unspecified atom stereocenters. The zero-order chi connectivity index (χ0) is 17.6. The van der Waals surface area contributed by atoms with E-state index in [0.29, 0.717) is 37.0 Å². The topological polar surface area (TPSA) is 80.1 Å². The molecule has 0 radical (unpaired) electrons. The van der Waals surface area contributed by atoms with Gasteiger partial charge in [-0.2, -0.15) is 0 Å². The predicted molar refractivity (Wildman–Crippen MR) is 89.5 cm³/mol. The molecule has 0 aliphatic carbocycles. The van der Waals surface area contributed by atoms with Crippen LogP contribution in [0.4, 0.5) is 4.79 Å². The van der Waals surface area contributed by atoms with Crippen LogP contribution in [0.1, 0.15) is 23.9 Å². The van der Waals surface area contributed by atoms with Crippen molar-refractivity contribution in [3.05, 3.63) is 46.3 Å². The van der Waals surface area contributed by atoms with Crippen LogP contribution in [0.3, 0.4) is 0 Å². The molecule has 2 fully saturated rings. The van der Waals surface area contributed by atoms with Gasteiger partial charge in [-0.1, -0.05) is 19.1 Å². The van der Waals surface area contributed by atoms with Crippen molar-refractivity contribution in [2.45, 2.75) is 18.9 Å². The number of fused-ring (bicyclic) bond motifs is 2. The summed E-state index contributed by atoms with van der Waals surface area (Å²) in [6.45, 7) is 3.40. The van der Waals surface area contributed by atoms with E-state index < -0.39 is 5.54 Å². The minimum Gasteiger partial charge on any atom is -0.451 e. The highest BCUT2D eigenvalue weighted by molar-refractivity contribution is 5.93. The number of para-hydroxylation sites is 1. The Hall–Kier alpha value is -2.83. The van der Waals surface area contributed by atoms with Crippen molar-refractivity contribution in [1.82, 2.24) is 9.80 Å². The fourth-order valence-electron chi connectivity index (χ4n) is 3.60. The van der Waals surface area contributed by atoms with Crippen molar-refractivity contribution in [1.29, 1.82) is 0 Å². The smallest absolute Gasteiger partial charge is 0.410 e. The fourth-order valence-corrected chi connectivity index (χ4v) is 3.60. The number of piperazine rings is 1. The molecule has 4 rings (SSSR count). The van der Waals surface area contributed by atoms with E-state index in [4.69, 9.17) is 9.15 Å². The summed E-state index contributed by atoms with van der Waals surface area (Å²) in [5, 5.41) is 0.448. The van der Waals surface area contributed by atoms with Gasteiger partial charge in [-0.05, 0) is 18.6 Å². The van der Waals surface area contributed by atoms with Crippen LogP contribution in [0.2, 0.25) is 0 Å². The molecule has 2 amide bonds. The van der Waals surface area contributed by atoms with E-state index >= 15 is 0 Å². The summed E-state index contributed by atoms with van der Waals surface area (Å²) in [4.78, 5) is 40.3. The van der Waals surface area contributed by atoms with Crippen LogP contribution >= 0.6 is 0 Å². The Morgan fingerprint density at radius 2 is 2.04 bits per heavy atom. The van der Waals surface area contributed by atoms with Gasteiger partial charge in [0.05, 0.1) is 10.9 Å². The van der Waals surface area contributed by atoms with Gasteiger partial charge in [0, 0.05) is 25.7 Å². The largest absolute Gasteiger partial charge is 0.451 e. The van der Waals surface area contributed by atoms with Crippen LogP contribution < -0.4 is 5.43 Å². The molecule has 2 aliphatic rings. The number of ether oxygens (including phenoxy) is 1. The maximum Gasteiger partial charge on any atom is 0.410 e. The van der Waals surface area contributed by atoms with Crippen molar-refractivity contribution >= 4 is 23.0 Å². The third kappa shape index (κ3) is 2.38. The Bertz CT molecular complexity index is 921. The lowest BCUT2D eigenvalue weighted by Gasteiger charge is -2.43. The van der Waals surface area contributed by atoms with E-state index in [1.54, 1.807) is 34.1 Å². The zero-order valence-corrected chi connectivity index (χ0v) is 13.9. The number of hydrogen-bond donors (Lipinski definition) is 0. The third-order valence-electron chi connectivity index (χ3n) is 5.13. The molecule has 3 heterocycles. The Kier molecular flexibility index (Phi) is 3.52. The molecule has 7 nitrogen and oxygen atoms in total. The van der Waals surface area contributed by atoms with Crippen molar-refractivity contribution in [2.75, 3.05) is 26.2 Å². The van der Waals surface area contributed by atoms with Crippen LogP contribution in [0.25, 0.3) is 11.0 Å². The van der Waals surface area contributed by atoms with E-state index in [1.165, 1.54) is 6.07 Å². The standard InChI is InChI=1S/C18H18N2O5/c1-2-18-10-19(7-8-20(18)17(23)24-11-18)16(22)15-9-13(21)12-5-3-4-6-14(12)25-15/h3-6,9H,2,7-8,10-11H2,1H3. The van der Waals surface area contributed by atoms with Crippen LogP contribution in [0, 0.1) is 0 Å². The van der Waals surface area contributed by atoms with E-state index in [0.717, 1.165) is 0 Å². The van der Waals surface area contributed by atoms with Gasteiger partial charge in [0.25, 0.3) is 5.91 Å². The molecule has 2 aliphatic heterocycles. The molecule has 130 valence electrons.